The van der Waals surface area contributed by atoms with Gasteiger partial charge in [0, 0.05) is 115 Å². The summed E-state index contributed by atoms with van der Waals surface area (Å²) >= 11 is 0. The Labute approximate surface area is 885 Å². The van der Waals surface area contributed by atoms with Gasteiger partial charge >= 0.3 is 0 Å². The Morgan fingerprint density at radius 2 is 0.640 bits per heavy atom. The van der Waals surface area contributed by atoms with Crippen molar-refractivity contribution >= 4 is 209 Å². The average molecular weight is 2290 g/mol. The molecule has 0 saturated carbocycles. The Morgan fingerprint density at radius 3 is 1.11 bits per heavy atom. The van der Waals surface area contributed by atoms with E-state index in [1.54, 1.807) is 0 Å². The standard InChI is InChI=1S/2C65H42N8O.2Pt/c1-65(2,3)40-32-33-66-62(34-40)71-51-25-11-6-20-44(51)46-37-58-59(38-57(46)71)73(64-67-48-22-8-12-26-52(48)72(58)64)60-36-41(35-47-45-21-7-17-31-61(45)74-63(47)60)68-39-69(54-28-14-13-27-53(54)68)55-29-15-16-30-56(55)70-49-23-9-4-18-42(49)43-19-5-10-24-50(43)70;1-65(2,3)40-32-33-66-61(34-40)71-51-26-12-8-21-44(51)47-37-57-58(38-56(47)71)73(64-67-49-24-10-13-27-52(49)72(57)64)59-36-42(35-48-45-22-9-16-31-60(45)74-63(48)59)68-39-69(54-29-15-14-28-53(54)68)55-30-17-23-46-43-20-7-11-25-50(43)70(62(46)55)41-18-5-4-6-19-41;;/h2*4-35,37H,1-3H3;;/q2*-2;;. The molecule has 0 aliphatic carbocycles. The van der Waals surface area contributed by atoms with E-state index in [1.165, 1.54) is 27.3 Å². The van der Waals surface area contributed by atoms with Gasteiger partial charge in [0.2, 0.25) is 11.6 Å². The molecule has 14 aromatic heterocycles. The van der Waals surface area contributed by atoms with Crippen molar-refractivity contribution < 1.29 is 60.1 Å². The summed E-state index contributed by atoms with van der Waals surface area (Å²) < 4.78 is 40.8. The Hall–Kier alpha value is -18.1. The summed E-state index contributed by atoms with van der Waals surface area (Å²) in [5, 5.41) is 13.0. The van der Waals surface area contributed by atoms with Crippen molar-refractivity contribution in [1.82, 2.24) is 65.3 Å². The van der Waals surface area contributed by atoms with Crippen molar-refractivity contribution in [3.63, 3.8) is 0 Å². The number of benzene rings is 18. The van der Waals surface area contributed by atoms with E-state index in [0.29, 0.717) is 22.5 Å². The fourth-order valence-electron chi connectivity index (χ4n) is 23.3. The number of fused-ring (bicyclic) bond motifs is 30. The maximum absolute atomic E-state index is 6.99. The summed E-state index contributed by atoms with van der Waals surface area (Å²) in [6.07, 6.45) is 11.6. The van der Waals surface area contributed by atoms with Crippen molar-refractivity contribution in [3.05, 3.63) is 449 Å². The molecule has 32 rings (SSSR count). The minimum absolute atomic E-state index is 0. The number of hydrogen-bond donors (Lipinski definition) is 0. The molecule has 0 spiro atoms. The molecule has 18 nitrogen and oxygen atoms in total. The maximum Gasteiger partial charge on any atom is 0.268 e. The van der Waals surface area contributed by atoms with Crippen LogP contribution in [0.25, 0.3) is 266 Å². The van der Waals surface area contributed by atoms with Gasteiger partial charge in [-0.3, -0.25) is 9.13 Å². The molecule has 0 saturated heterocycles. The summed E-state index contributed by atoms with van der Waals surface area (Å²) in [4.78, 5) is 20.9. The predicted octanol–water partition coefficient (Wildman–Crippen LogP) is 29.7. The summed E-state index contributed by atoms with van der Waals surface area (Å²) in [6, 6.07) is 153. The fourth-order valence-corrected chi connectivity index (χ4v) is 23.3. The summed E-state index contributed by atoms with van der Waals surface area (Å²) in [7, 11) is 0. The molecule has 0 aliphatic heterocycles. The first-order chi connectivity index (χ1) is 72.7. The van der Waals surface area contributed by atoms with Gasteiger partial charge in [-0.1, -0.05) is 317 Å². The first kappa shape index (κ1) is 88.4. The molecule has 0 amide bonds. The van der Waals surface area contributed by atoms with Crippen LogP contribution in [0.1, 0.15) is 52.7 Å². The second kappa shape index (κ2) is 33.2. The molecular weight excluding hydrogens is 2210 g/mol. The van der Waals surface area contributed by atoms with E-state index in [0.717, 1.165) is 227 Å². The Balaban J connectivity index is 0.000000139. The molecule has 18 aromatic carbocycles. The van der Waals surface area contributed by atoms with Crippen LogP contribution in [-0.2, 0) is 53.0 Å². The molecule has 0 bridgehead atoms. The third kappa shape index (κ3) is 13.0. The van der Waals surface area contributed by atoms with Crippen LogP contribution in [0.5, 0.6) is 0 Å². The van der Waals surface area contributed by atoms with Crippen LogP contribution in [0.4, 0.5) is 0 Å². The van der Waals surface area contributed by atoms with E-state index in [2.05, 4.69) is 485 Å². The summed E-state index contributed by atoms with van der Waals surface area (Å²) in [5.41, 5.74) is 32.0. The molecule has 14 heterocycles. The quantitative estimate of drug-likeness (QED) is 0.0989. The minimum atomic E-state index is -0.0789. The van der Waals surface area contributed by atoms with E-state index in [1.807, 2.05) is 48.8 Å². The molecule has 720 valence electrons. The van der Waals surface area contributed by atoms with Crippen LogP contribution in [0, 0.1) is 36.9 Å². The number of rotatable bonds is 10. The van der Waals surface area contributed by atoms with Gasteiger partial charge in [0.1, 0.15) is 22.8 Å². The normalized spacial score (nSPS) is 12.4. The second-order valence-corrected chi connectivity index (χ2v) is 40.6. The van der Waals surface area contributed by atoms with Crippen LogP contribution in [0.2, 0.25) is 0 Å². The van der Waals surface area contributed by atoms with E-state index < -0.39 is 0 Å². The molecular formula is C130H84N16O2Pt2-4. The van der Waals surface area contributed by atoms with E-state index in [-0.39, 0.29) is 53.0 Å². The largest absolute Gasteiger partial charge is 0.514 e. The van der Waals surface area contributed by atoms with Gasteiger partial charge in [-0.2, -0.15) is 0 Å². The van der Waals surface area contributed by atoms with Crippen LogP contribution in [-0.4, -0.2) is 65.3 Å². The van der Waals surface area contributed by atoms with Crippen LogP contribution in [0.15, 0.2) is 409 Å². The van der Waals surface area contributed by atoms with Gasteiger partial charge in [-0.05, 0) is 199 Å². The molecule has 0 aliphatic rings. The van der Waals surface area contributed by atoms with Gasteiger partial charge in [-0.25, -0.2) is 19.9 Å². The van der Waals surface area contributed by atoms with E-state index in [9.17, 15) is 0 Å². The third-order valence-electron chi connectivity index (χ3n) is 30.1. The molecule has 32 aromatic rings. The zero-order valence-corrected chi connectivity index (χ0v) is 86.3. The fraction of sp³-hybridized carbons (Fsp3) is 0.0615. The van der Waals surface area contributed by atoms with Gasteiger partial charge < -0.3 is 54.2 Å². The smallest absolute Gasteiger partial charge is 0.268 e. The van der Waals surface area contributed by atoms with Gasteiger partial charge in [0.25, 0.3) is 12.7 Å². The summed E-state index contributed by atoms with van der Waals surface area (Å²) in [6.45, 7) is 13.4. The summed E-state index contributed by atoms with van der Waals surface area (Å²) in [5.74, 6) is 3.12. The van der Waals surface area contributed by atoms with Crippen molar-refractivity contribution in [1.29, 1.82) is 0 Å². The van der Waals surface area contributed by atoms with Crippen molar-refractivity contribution in [2.24, 2.45) is 0 Å². The van der Waals surface area contributed by atoms with Gasteiger partial charge in [0.15, 0.2) is 0 Å². The Bertz CT molecular complexity index is 11300. The molecule has 0 radical (unpaired) electrons. The number of pyridine rings is 2. The first-order valence-corrected chi connectivity index (χ1v) is 50.0. The number of furan rings is 2. The van der Waals surface area contributed by atoms with Crippen molar-refractivity contribution in [3.8, 4) is 57.1 Å². The predicted molar refractivity (Wildman–Crippen MR) is 594 cm³/mol. The van der Waals surface area contributed by atoms with Crippen LogP contribution < -0.4 is 9.13 Å². The Kier molecular flexibility index (Phi) is 19.6. The molecule has 20 heteroatoms. The third-order valence-corrected chi connectivity index (χ3v) is 30.1. The molecule has 0 atom stereocenters. The zero-order valence-electron chi connectivity index (χ0n) is 81.7. The SMILES string of the molecule is CC(C)(C)c1ccnc(-n2c3[c-]c4c(cc3c3ccccc32)n2c3ccccc3nc2n4-c2[c-]c(-n3[c-][n+](-c4cccc5c6ccccc6n(-c6ccccc6)c45)c4ccccc43)cc3c2oc2ccccc23)c1.CC(C)(C)c1ccnc(-n2c3[c-]c4c(cc3c3ccccc32)n2c3ccccc3nc2n4-c2[c-]c(-n3[c-][n+](-c4ccccc4-n4c5ccccc5c5ccccc54)c4ccccc43)cc3c2oc2ccccc23)c1.[Pt].[Pt]. The van der Waals surface area contributed by atoms with Crippen molar-refractivity contribution in [2.45, 2.75) is 52.4 Å². The molecule has 0 unspecified atom stereocenters. The Morgan fingerprint density at radius 1 is 0.273 bits per heavy atom. The van der Waals surface area contributed by atoms with E-state index >= 15 is 0 Å². The number of hydrogen-bond acceptors (Lipinski definition) is 6. The topological polar surface area (TPSA) is 134 Å². The second-order valence-electron chi connectivity index (χ2n) is 40.6. The number of nitrogens with zero attached hydrogens (tertiary/aromatic N) is 16. The van der Waals surface area contributed by atoms with Gasteiger partial charge in [0.05, 0.1) is 83.3 Å². The van der Waals surface area contributed by atoms with Crippen molar-refractivity contribution in [2.75, 3.05) is 0 Å². The number of para-hydroxylation sites is 19. The minimum Gasteiger partial charge on any atom is -0.514 e. The van der Waals surface area contributed by atoms with Gasteiger partial charge in [-0.15, -0.1) is 48.5 Å². The monoisotopic (exact) mass is 2290 g/mol. The maximum atomic E-state index is 6.99. The number of aromatic nitrogens is 16. The van der Waals surface area contributed by atoms with Crippen LogP contribution >= 0.6 is 0 Å². The molecule has 0 fully saturated rings. The molecule has 0 N–H and O–H groups in total. The van der Waals surface area contributed by atoms with Crippen LogP contribution in [0.3, 0.4) is 0 Å². The van der Waals surface area contributed by atoms with E-state index in [4.69, 9.17) is 28.8 Å². The number of imidazole rings is 6. The molecule has 150 heavy (non-hydrogen) atoms. The zero-order chi connectivity index (χ0) is 98.0. The average Bonchev–Trinajstić information content (AvgIpc) is 1.53. The first-order valence-electron chi connectivity index (χ1n) is 50.0.